The lowest BCUT2D eigenvalue weighted by atomic mass is 9.81. The second kappa shape index (κ2) is 6.34. The maximum atomic E-state index is 12.6. The Morgan fingerprint density at radius 3 is 2.15 bits per heavy atom. The average molecular weight is 354 g/mol. The number of rotatable bonds is 5. The van der Waals surface area contributed by atoms with Gasteiger partial charge in [0.25, 0.3) is 0 Å². The number of carbonyl (C=O) groups is 4. The van der Waals surface area contributed by atoms with Crippen LogP contribution in [0.25, 0.3) is 0 Å². The van der Waals surface area contributed by atoms with Crippen molar-refractivity contribution in [3.63, 3.8) is 0 Å². The molecule has 1 aromatic rings. The number of nitrogens with one attached hydrogen (secondary N) is 1. The first-order valence-electron chi connectivity index (χ1n) is 9.22. The van der Waals surface area contributed by atoms with Gasteiger partial charge in [0.1, 0.15) is 0 Å². The van der Waals surface area contributed by atoms with E-state index in [0.29, 0.717) is 23.1 Å². The van der Waals surface area contributed by atoms with Crippen LogP contribution in [-0.4, -0.2) is 34.9 Å². The third-order valence-corrected chi connectivity index (χ3v) is 6.16. The highest BCUT2D eigenvalue weighted by Crippen LogP contribution is 2.56. The van der Waals surface area contributed by atoms with E-state index < -0.39 is 0 Å². The summed E-state index contributed by atoms with van der Waals surface area (Å²) in [4.78, 5) is 49.9. The quantitative estimate of drug-likeness (QED) is 0.649. The number of nitrogens with zero attached hydrogens (tertiary/aromatic N) is 1. The molecule has 26 heavy (non-hydrogen) atoms. The molecule has 1 saturated heterocycles. The first kappa shape index (κ1) is 16.9. The summed E-state index contributed by atoms with van der Waals surface area (Å²) >= 11 is 0. The van der Waals surface area contributed by atoms with Gasteiger partial charge in [-0.05, 0) is 62.3 Å². The molecule has 1 heterocycles. The second-order valence-corrected chi connectivity index (χ2v) is 7.64. The Bertz CT molecular complexity index is 758. The highest BCUT2D eigenvalue weighted by Gasteiger charge is 2.60. The standard InChI is InChI=1S/C20H22N2O4/c1-11(23)12-4-6-15(7-5-12)21-16(24)8-9-22-19(25)17-13-2-3-14(10-13)18(17)20(22)26/h4-7,13-14,17-18H,2-3,8-10H2,1H3,(H,21,24). The van der Waals surface area contributed by atoms with E-state index in [2.05, 4.69) is 5.32 Å². The number of anilines is 1. The summed E-state index contributed by atoms with van der Waals surface area (Å²) in [6, 6.07) is 6.65. The van der Waals surface area contributed by atoms with Gasteiger partial charge in [-0.1, -0.05) is 0 Å². The van der Waals surface area contributed by atoms with Gasteiger partial charge in [0.05, 0.1) is 11.8 Å². The summed E-state index contributed by atoms with van der Waals surface area (Å²) in [6.07, 6.45) is 3.20. The van der Waals surface area contributed by atoms with Crippen molar-refractivity contribution in [2.24, 2.45) is 23.7 Å². The van der Waals surface area contributed by atoms with E-state index in [0.717, 1.165) is 19.3 Å². The Morgan fingerprint density at radius 2 is 1.62 bits per heavy atom. The van der Waals surface area contributed by atoms with E-state index in [4.69, 9.17) is 0 Å². The third-order valence-electron chi connectivity index (χ3n) is 6.16. The van der Waals surface area contributed by atoms with Gasteiger partial charge < -0.3 is 5.32 Å². The van der Waals surface area contributed by atoms with E-state index in [1.165, 1.54) is 11.8 Å². The molecule has 3 aliphatic rings. The van der Waals surface area contributed by atoms with Gasteiger partial charge in [0.15, 0.2) is 5.78 Å². The lowest BCUT2D eigenvalue weighted by molar-refractivity contribution is -0.140. The predicted octanol–water partition coefficient (Wildman–Crippen LogP) is 2.25. The molecule has 4 unspecified atom stereocenters. The molecule has 0 spiro atoms. The maximum absolute atomic E-state index is 12.6. The van der Waals surface area contributed by atoms with Crippen molar-refractivity contribution in [2.75, 3.05) is 11.9 Å². The largest absolute Gasteiger partial charge is 0.326 e. The minimum Gasteiger partial charge on any atom is -0.326 e. The van der Waals surface area contributed by atoms with Crippen LogP contribution in [0.1, 0.15) is 43.0 Å². The molecule has 3 fully saturated rings. The van der Waals surface area contributed by atoms with Gasteiger partial charge in [-0.25, -0.2) is 0 Å². The molecule has 4 rings (SSSR count). The van der Waals surface area contributed by atoms with E-state index >= 15 is 0 Å². The number of fused-ring (bicyclic) bond motifs is 5. The number of Topliss-reactive ketones (excluding diaryl/α,β-unsaturated/α-hetero) is 1. The van der Waals surface area contributed by atoms with Gasteiger partial charge >= 0.3 is 0 Å². The first-order valence-corrected chi connectivity index (χ1v) is 9.22. The smallest absolute Gasteiger partial charge is 0.233 e. The van der Waals surface area contributed by atoms with Crippen molar-refractivity contribution in [3.8, 4) is 0 Å². The zero-order valence-electron chi connectivity index (χ0n) is 14.7. The van der Waals surface area contributed by atoms with E-state index in [-0.39, 0.29) is 48.3 Å². The lowest BCUT2D eigenvalue weighted by Gasteiger charge is -2.19. The molecule has 2 aliphatic carbocycles. The molecule has 1 aromatic carbocycles. The minimum absolute atomic E-state index is 0.0338. The third kappa shape index (κ3) is 2.73. The van der Waals surface area contributed by atoms with E-state index in [9.17, 15) is 19.2 Å². The van der Waals surface area contributed by atoms with Crippen LogP contribution in [-0.2, 0) is 14.4 Å². The minimum atomic E-state index is -0.249. The maximum Gasteiger partial charge on any atom is 0.233 e. The number of hydrogen-bond donors (Lipinski definition) is 1. The molecule has 0 radical (unpaired) electrons. The molecular weight excluding hydrogens is 332 g/mol. The SMILES string of the molecule is CC(=O)c1ccc(NC(=O)CCN2C(=O)C3C4CCC(C4)C3C2=O)cc1. The molecular formula is C20H22N2O4. The first-order chi connectivity index (χ1) is 12.5. The Hall–Kier alpha value is -2.50. The van der Waals surface area contributed by atoms with Crippen LogP contribution < -0.4 is 5.32 Å². The van der Waals surface area contributed by atoms with Gasteiger partial charge in [-0.3, -0.25) is 24.1 Å². The number of imide groups is 1. The van der Waals surface area contributed by atoms with Crippen molar-refractivity contribution < 1.29 is 19.2 Å². The Morgan fingerprint density at radius 1 is 1.04 bits per heavy atom. The number of likely N-dealkylation sites (tertiary alicyclic amines) is 1. The zero-order valence-corrected chi connectivity index (χ0v) is 14.7. The molecule has 2 bridgehead atoms. The summed E-state index contributed by atoms with van der Waals surface area (Å²) < 4.78 is 0. The van der Waals surface area contributed by atoms with Crippen molar-refractivity contribution >= 4 is 29.2 Å². The van der Waals surface area contributed by atoms with Crippen LogP contribution in [0.2, 0.25) is 0 Å². The number of ketones is 1. The molecule has 6 nitrogen and oxygen atoms in total. The summed E-state index contributed by atoms with van der Waals surface area (Å²) in [7, 11) is 0. The van der Waals surface area contributed by atoms with E-state index in [1.807, 2.05) is 0 Å². The molecule has 1 N–H and O–H groups in total. The van der Waals surface area contributed by atoms with Crippen LogP contribution in [0, 0.1) is 23.7 Å². The van der Waals surface area contributed by atoms with Crippen LogP contribution >= 0.6 is 0 Å². The monoisotopic (exact) mass is 354 g/mol. The fraction of sp³-hybridized carbons (Fsp3) is 0.500. The molecule has 3 amide bonds. The van der Waals surface area contributed by atoms with Gasteiger partial charge in [0.2, 0.25) is 17.7 Å². The predicted molar refractivity (Wildman–Crippen MR) is 94.2 cm³/mol. The molecule has 4 atom stereocenters. The van der Waals surface area contributed by atoms with Crippen molar-refractivity contribution in [1.82, 2.24) is 4.90 Å². The van der Waals surface area contributed by atoms with Crippen LogP contribution in [0.5, 0.6) is 0 Å². The number of benzene rings is 1. The van der Waals surface area contributed by atoms with E-state index in [1.54, 1.807) is 24.3 Å². The lowest BCUT2D eigenvalue weighted by Crippen LogP contribution is -2.35. The fourth-order valence-electron chi connectivity index (χ4n) is 4.92. The van der Waals surface area contributed by atoms with Gasteiger partial charge in [0, 0.05) is 24.2 Å². The van der Waals surface area contributed by atoms with Gasteiger partial charge in [-0.15, -0.1) is 0 Å². The topological polar surface area (TPSA) is 83.6 Å². The highest BCUT2D eigenvalue weighted by molar-refractivity contribution is 6.06. The zero-order chi connectivity index (χ0) is 18.4. The van der Waals surface area contributed by atoms with Crippen LogP contribution in [0.15, 0.2) is 24.3 Å². The fourth-order valence-corrected chi connectivity index (χ4v) is 4.92. The molecule has 0 aromatic heterocycles. The van der Waals surface area contributed by atoms with Crippen LogP contribution in [0.4, 0.5) is 5.69 Å². The van der Waals surface area contributed by atoms with Gasteiger partial charge in [-0.2, -0.15) is 0 Å². The number of hydrogen-bond acceptors (Lipinski definition) is 4. The summed E-state index contributed by atoms with van der Waals surface area (Å²) in [5.41, 5.74) is 1.17. The number of amides is 3. The average Bonchev–Trinajstić information content (AvgIpc) is 3.28. The molecule has 2 saturated carbocycles. The second-order valence-electron chi connectivity index (χ2n) is 7.64. The molecule has 6 heteroatoms. The summed E-state index contributed by atoms with van der Waals surface area (Å²) in [5, 5.41) is 2.74. The Kier molecular flexibility index (Phi) is 4.13. The Balaban J connectivity index is 1.34. The molecule has 136 valence electrons. The highest BCUT2D eigenvalue weighted by atomic mass is 16.2. The van der Waals surface area contributed by atoms with Crippen molar-refractivity contribution in [3.05, 3.63) is 29.8 Å². The van der Waals surface area contributed by atoms with Crippen molar-refractivity contribution in [1.29, 1.82) is 0 Å². The summed E-state index contributed by atoms with van der Waals surface area (Å²) in [6.45, 7) is 1.63. The number of carbonyl (C=O) groups excluding carboxylic acids is 4. The van der Waals surface area contributed by atoms with Crippen LogP contribution in [0.3, 0.4) is 0 Å². The summed E-state index contributed by atoms with van der Waals surface area (Å²) in [5.74, 6) is 0.0123. The molecule has 1 aliphatic heterocycles. The van der Waals surface area contributed by atoms with Crippen molar-refractivity contribution in [2.45, 2.75) is 32.6 Å². The Labute approximate surface area is 151 Å². The normalized spacial score (nSPS) is 29.2.